The topological polar surface area (TPSA) is 111 Å². The van der Waals surface area contributed by atoms with E-state index in [1.165, 1.54) is 10.5 Å². The number of cyclic esters (lactones) is 1. The van der Waals surface area contributed by atoms with E-state index in [-0.39, 0.29) is 32.1 Å². The van der Waals surface area contributed by atoms with Crippen molar-refractivity contribution < 1.29 is 29.3 Å². The summed E-state index contributed by atoms with van der Waals surface area (Å²) in [4.78, 5) is 44.1. The summed E-state index contributed by atoms with van der Waals surface area (Å²) in [5, 5.41) is 21.7. The molecule has 0 bridgehead atoms. The van der Waals surface area contributed by atoms with Crippen LogP contribution in [0.4, 0.5) is 16.2 Å². The molecule has 2 N–H and O–H groups in total. The minimum Gasteiger partial charge on any atom is -0.447 e. The molecule has 0 saturated carbocycles. The number of carbonyl (C=O) groups excluding carboxylic acids is 3. The summed E-state index contributed by atoms with van der Waals surface area (Å²) in [6, 6.07) is 14.8. The van der Waals surface area contributed by atoms with Gasteiger partial charge in [-0.15, -0.1) is 0 Å². The van der Waals surface area contributed by atoms with Gasteiger partial charge in [0.15, 0.2) is 5.60 Å². The van der Waals surface area contributed by atoms with E-state index < -0.39 is 23.5 Å². The molecule has 0 unspecified atom stereocenters. The molecule has 2 heterocycles. The number of benzene rings is 2. The van der Waals surface area contributed by atoms with Crippen molar-refractivity contribution in [2.75, 3.05) is 42.6 Å². The highest BCUT2D eigenvalue weighted by molar-refractivity contribution is 6.08. The Morgan fingerprint density at radius 2 is 1.87 bits per heavy atom. The van der Waals surface area contributed by atoms with Crippen LogP contribution in [-0.2, 0) is 26.5 Å². The maximum Gasteiger partial charge on any atom is 0.414 e. The van der Waals surface area contributed by atoms with Gasteiger partial charge >= 0.3 is 6.09 Å². The van der Waals surface area contributed by atoms with E-state index >= 15 is 0 Å². The van der Waals surface area contributed by atoms with Crippen LogP contribution in [-0.4, -0.2) is 65.9 Å². The molecule has 0 radical (unpaired) electrons. The van der Waals surface area contributed by atoms with E-state index in [1.807, 2.05) is 43.3 Å². The summed E-state index contributed by atoms with van der Waals surface area (Å²) in [6.07, 6.45) is 8.92. The molecular weight excluding hydrogens is 570 g/mol. The third kappa shape index (κ3) is 7.90. The number of amides is 3. The molecule has 0 spiro atoms. The number of aliphatic hydroxyl groups is 2. The second-order valence-electron chi connectivity index (χ2n) is 12.0. The van der Waals surface area contributed by atoms with E-state index in [2.05, 4.69) is 19.9 Å². The van der Waals surface area contributed by atoms with Gasteiger partial charge in [0.05, 0.1) is 18.8 Å². The van der Waals surface area contributed by atoms with Crippen LogP contribution in [0.1, 0.15) is 58.1 Å². The van der Waals surface area contributed by atoms with Crippen LogP contribution in [0.25, 0.3) is 0 Å². The monoisotopic (exact) mass is 615 g/mol. The van der Waals surface area contributed by atoms with Crippen LogP contribution in [0.2, 0.25) is 0 Å². The van der Waals surface area contributed by atoms with E-state index in [4.69, 9.17) is 4.74 Å². The molecule has 3 amide bonds. The second kappa shape index (κ2) is 15.2. The zero-order valence-corrected chi connectivity index (χ0v) is 26.7. The lowest BCUT2D eigenvalue weighted by Crippen LogP contribution is -2.44. The van der Waals surface area contributed by atoms with Crippen LogP contribution in [0, 0.1) is 5.92 Å². The van der Waals surface area contributed by atoms with Gasteiger partial charge in [-0.1, -0.05) is 72.7 Å². The molecule has 9 nitrogen and oxygen atoms in total. The molecule has 2 aromatic carbocycles. The number of ether oxygens (including phenoxy) is 1. The minimum atomic E-state index is -1.91. The Hall–Kier alpha value is -4.21. The molecule has 1 fully saturated rings. The van der Waals surface area contributed by atoms with Crippen molar-refractivity contribution in [3.63, 3.8) is 0 Å². The Bertz CT molecular complexity index is 1460. The number of hydrogen-bond donors (Lipinski definition) is 2. The fourth-order valence-electron chi connectivity index (χ4n) is 5.71. The molecule has 4 rings (SSSR count). The first kappa shape index (κ1) is 33.7. The van der Waals surface area contributed by atoms with E-state index in [9.17, 15) is 24.6 Å². The maximum absolute atomic E-state index is 14.0. The first-order valence-electron chi connectivity index (χ1n) is 15.6. The number of anilines is 2. The van der Waals surface area contributed by atoms with Gasteiger partial charge in [0.1, 0.15) is 6.61 Å². The maximum atomic E-state index is 14.0. The van der Waals surface area contributed by atoms with Gasteiger partial charge in [0.25, 0.3) is 5.91 Å². The van der Waals surface area contributed by atoms with Crippen LogP contribution in [0.3, 0.4) is 0 Å². The Balaban J connectivity index is 1.57. The zero-order valence-electron chi connectivity index (χ0n) is 26.7. The van der Waals surface area contributed by atoms with E-state index in [1.54, 1.807) is 47.1 Å². The Labute approximate surface area is 266 Å². The third-order valence-electron chi connectivity index (χ3n) is 8.35. The molecule has 1 saturated heterocycles. The molecule has 2 aliphatic rings. The molecule has 2 aromatic rings. The Kier molecular flexibility index (Phi) is 11.4. The van der Waals surface area contributed by atoms with Crippen molar-refractivity contribution in [2.24, 2.45) is 5.92 Å². The highest BCUT2D eigenvalue weighted by Gasteiger charge is 2.52. The lowest BCUT2D eigenvalue weighted by molar-refractivity contribution is -0.139. The van der Waals surface area contributed by atoms with Crippen LogP contribution in [0.5, 0.6) is 0 Å². The number of fused-ring (bicyclic) bond motifs is 1. The average Bonchev–Trinajstić information content (AvgIpc) is 3.54. The van der Waals surface area contributed by atoms with Crippen molar-refractivity contribution in [3.8, 4) is 0 Å². The molecule has 2 aliphatic heterocycles. The Morgan fingerprint density at radius 1 is 1.11 bits per heavy atom. The number of nitrogens with zero attached hydrogens (tertiary/aromatic N) is 3. The number of allylic oxidation sites excluding steroid dienone is 3. The predicted octanol–water partition coefficient (Wildman–Crippen LogP) is 5.47. The van der Waals surface area contributed by atoms with Gasteiger partial charge in [-0.3, -0.25) is 14.5 Å². The molecule has 45 heavy (non-hydrogen) atoms. The second-order valence-corrected chi connectivity index (χ2v) is 12.0. The largest absolute Gasteiger partial charge is 0.447 e. The average molecular weight is 616 g/mol. The Morgan fingerprint density at radius 3 is 2.53 bits per heavy atom. The molecular formula is C36H45N3O6. The highest BCUT2D eigenvalue weighted by Crippen LogP contribution is 2.47. The van der Waals surface area contributed by atoms with E-state index in [0.29, 0.717) is 36.6 Å². The molecule has 0 aromatic heterocycles. The summed E-state index contributed by atoms with van der Waals surface area (Å²) >= 11 is 0. The van der Waals surface area contributed by atoms with Crippen molar-refractivity contribution in [1.29, 1.82) is 0 Å². The minimum absolute atomic E-state index is 0.0469. The first-order valence-corrected chi connectivity index (χ1v) is 15.6. The number of hydrogen-bond acceptors (Lipinski definition) is 6. The summed E-state index contributed by atoms with van der Waals surface area (Å²) in [7, 11) is 0. The molecule has 0 aliphatic carbocycles. The smallest absolute Gasteiger partial charge is 0.414 e. The van der Waals surface area contributed by atoms with E-state index in [0.717, 1.165) is 24.0 Å². The van der Waals surface area contributed by atoms with Gasteiger partial charge in [-0.05, 0) is 57.4 Å². The third-order valence-corrected chi connectivity index (χ3v) is 8.35. The number of rotatable bonds is 14. The van der Waals surface area contributed by atoms with Crippen LogP contribution in [0.15, 0.2) is 84.0 Å². The van der Waals surface area contributed by atoms with Crippen LogP contribution < -0.4 is 9.80 Å². The summed E-state index contributed by atoms with van der Waals surface area (Å²) in [5.74, 6) is -1.32. The fraction of sp³-hybridized carbons (Fsp3) is 0.417. The SMILES string of the molecule is CC(C)=CCC/C(C)=C/CN1C(=O)[C@](O)([C@H](C)/C=C/CC(=O)N(CCO)Cc2ccccc2)c2cc(N3CCOC3=O)ccc21. The lowest BCUT2D eigenvalue weighted by Gasteiger charge is -2.28. The zero-order chi connectivity index (χ0) is 32.6. The number of carbonyl (C=O) groups is 3. The van der Waals surface area contributed by atoms with Crippen molar-refractivity contribution in [1.82, 2.24) is 4.90 Å². The normalized spacial score (nSPS) is 18.8. The van der Waals surface area contributed by atoms with Crippen LogP contribution >= 0.6 is 0 Å². The predicted molar refractivity (Wildman–Crippen MR) is 176 cm³/mol. The summed E-state index contributed by atoms with van der Waals surface area (Å²) in [5.41, 5.74) is 2.99. The van der Waals surface area contributed by atoms with Crippen molar-refractivity contribution in [2.45, 2.75) is 59.1 Å². The van der Waals surface area contributed by atoms with Gasteiger partial charge < -0.3 is 24.7 Å². The fourth-order valence-corrected chi connectivity index (χ4v) is 5.71. The van der Waals surface area contributed by atoms with Crippen molar-refractivity contribution in [3.05, 3.63) is 95.1 Å². The molecule has 240 valence electrons. The molecule has 9 heteroatoms. The van der Waals surface area contributed by atoms with Gasteiger partial charge in [0.2, 0.25) is 5.91 Å². The summed E-state index contributed by atoms with van der Waals surface area (Å²) in [6.45, 7) is 9.28. The molecule has 2 atom stereocenters. The number of aliphatic hydroxyl groups excluding tert-OH is 1. The standard InChI is InChI=1S/C36H45N3O6/c1-26(2)10-8-11-27(3)18-19-39-32-17-16-30(38-21-23-45-35(38)43)24-31(32)36(44,34(39)42)28(4)12-9-15-33(41)37(20-22-40)25-29-13-6-5-7-14-29/h5-7,9-10,12-14,16-18,24,28,40,44H,8,11,15,19-23,25H2,1-4H3/b12-9+,27-18+/t28-,36+/m1/s1. The van der Waals surface area contributed by atoms with Gasteiger partial charge in [-0.25, -0.2) is 4.79 Å². The highest BCUT2D eigenvalue weighted by atomic mass is 16.6. The quantitative estimate of drug-likeness (QED) is 0.273. The lowest BCUT2D eigenvalue weighted by atomic mass is 9.82. The van der Waals surface area contributed by atoms with Gasteiger partial charge in [0, 0.05) is 43.2 Å². The van der Waals surface area contributed by atoms with Crippen molar-refractivity contribution >= 4 is 29.3 Å². The van der Waals surface area contributed by atoms with Gasteiger partial charge in [-0.2, -0.15) is 0 Å². The summed E-state index contributed by atoms with van der Waals surface area (Å²) < 4.78 is 5.11. The first-order chi connectivity index (χ1) is 21.6.